The van der Waals surface area contributed by atoms with Crippen molar-refractivity contribution in [1.29, 1.82) is 0 Å². The maximum atomic E-state index is 11.4. The van der Waals surface area contributed by atoms with E-state index in [1.165, 1.54) is 0 Å². The summed E-state index contributed by atoms with van der Waals surface area (Å²) in [5.74, 6) is -0.442. The average molecular weight is 233 g/mol. The predicted octanol–water partition coefficient (Wildman–Crippen LogP) is 3.48. The number of carbonyl (C=O) groups excluding carboxylic acids is 1. The van der Waals surface area contributed by atoms with E-state index in [1.807, 2.05) is 6.92 Å². The molecule has 14 heavy (non-hydrogen) atoms. The van der Waals surface area contributed by atoms with Crippen molar-refractivity contribution in [3.63, 3.8) is 0 Å². The molecule has 0 aliphatic heterocycles. The van der Waals surface area contributed by atoms with Crippen molar-refractivity contribution < 1.29 is 9.53 Å². The molecule has 0 heterocycles. The number of hydrogen-bond donors (Lipinski definition) is 0. The van der Waals surface area contributed by atoms with E-state index < -0.39 is 5.97 Å². The molecule has 0 bridgehead atoms. The summed E-state index contributed by atoms with van der Waals surface area (Å²) in [6.07, 6.45) is 0. The maximum Gasteiger partial charge on any atom is 0.339 e. The number of carbonyl (C=O) groups is 1. The van der Waals surface area contributed by atoms with Crippen molar-refractivity contribution >= 4 is 29.2 Å². The molecule has 1 aromatic rings. The quantitative estimate of drug-likeness (QED) is 0.731. The highest BCUT2D eigenvalue weighted by Crippen LogP contribution is 2.27. The third-order valence-electron chi connectivity index (χ3n) is 1.67. The Bertz CT molecular complexity index is 361. The van der Waals surface area contributed by atoms with Crippen molar-refractivity contribution in [2.75, 3.05) is 6.61 Å². The van der Waals surface area contributed by atoms with Gasteiger partial charge in [0, 0.05) is 0 Å². The Morgan fingerprint density at radius 3 is 2.64 bits per heavy atom. The number of hydrogen-bond acceptors (Lipinski definition) is 2. The van der Waals surface area contributed by atoms with Gasteiger partial charge < -0.3 is 4.74 Å². The van der Waals surface area contributed by atoms with Gasteiger partial charge in [-0.3, -0.25) is 0 Å². The molecule has 76 valence electrons. The monoisotopic (exact) mass is 232 g/mol. The van der Waals surface area contributed by atoms with Gasteiger partial charge in [-0.15, -0.1) is 0 Å². The van der Waals surface area contributed by atoms with Crippen LogP contribution in [0.15, 0.2) is 12.1 Å². The minimum absolute atomic E-state index is 0.246. The standard InChI is InChI=1S/C10H10Cl2O2/c1-3-14-10(13)7-4-6(2)5-8(11)9(7)12/h4-5H,3H2,1-2H3. The van der Waals surface area contributed by atoms with E-state index in [9.17, 15) is 4.79 Å². The molecule has 0 amide bonds. The normalized spacial score (nSPS) is 10.0. The first-order chi connectivity index (χ1) is 6.56. The summed E-state index contributed by atoms with van der Waals surface area (Å²) in [6.45, 7) is 3.90. The average Bonchev–Trinajstić information content (AvgIpc) is 2.11. The van der Waals surface area contributed by atoms with Crippen LogP contribution in [0.1, 0.15) is 22.8 Å². The Kier molecular flexibility index (Phi) is 3.78. The van der Waals surface area contributed by atoms with Gasteiger partial charge in [0.25, 0.3) is 0 Å². The molecule has 0 saturated heterocycles. The van der Waals surface area contributed by atoms with E-state index in [4.69, 9.17) is 27.9 Å². The summed E-state index contributed by atoms with van der Waals surface area (Å²) < 4.78 is 4.84. The predicted molar refractivity (Wildman–Crippen MR) is 57.2 cm³/mol. The SMILES string of the molecule is CCOC(=O)c1cc(C)cc(Cl)c1Cl. The maximum absolute atomic E-state index is 11.4. The second-order valence-electron chi connectivity index (χ2n) is 2.83. The number of aryl methyl sites for hydroxylation is 1. The van der Waals surface area contributed by atoms with Gasteiger partial charge in [0.2, 0.25) is 0 Å². The zero-order chi connectivity index (χ0) is 10.7. The molecule has 0 atom stereocenters. The van der Waals surface area contributed by atoms with E-state index >= 15 is 0 Å². The number of benzene rings is 1. The fourth-order valence-electron chi connectivity index (χ4n) is 1.08. The summed E-state index contributed by atoms with van der Waals surface area (Å²) in [7, 11) is 0. The van der Waals surface area contributed by atoms with Crippen LogP contribution >= 0.6 is 23.2 Å². The Hall–Kier alpha value is -0.730. The third-order valence-corrected chi connectivity index (χ3v) is 2.47. The molecule has 2 nitrogen and oxygen atoms in total. The van der Waals surface area contributed by atoms with Crippen molar-refractivity contribution in [2.45, 2.75) is 13.8 Å². The van der Waals surface area contributed by atoms with Gasteiger partial charge in [0.1, 0.15) is 0 Å². The smallest absolute Gasteiger partial charge is 0.339 e. The van der Waals surface area contributed by atoms with Crippen LogP contribution in [-0.4, -0.2) is 12.6 Å². The van der Waals surface area contributed by atoms with Crippen molar-refractivity contribution in [3.05, 3.63) is 33.3 Å². The van der Waals surface area contributed by atoms with Gasteiger partial charge in [-0.25, -0.2) is 4.79 Å². The number of esters is 1. The number of halogens is 2. The van der Waals surface area contributed by atoms with Gasteiger partial charge in [-0.05, 0) is 31.5 Å². The van der Waals surface area contributed by atoms with E-state index in [-0.39, 0.29) is 5.02 Å². The summed E-state index contributed by atoms with van der Waals surface area (Å²) in [5.41, 5.74) is 1.20. The molecule has 0 N–H and O–H groups in total. The fourth-order valence-corrected chi connectivity index (χ4v) is 1.54. The number of rotatable bonds is 2. The Morgan fingerprint density at radius 1 is 1.43 bits per heavy atom. The first-order valence-corrected chi connectivity index (χ1v) is 4.94. The van der Waals surface area contributed by atoms with Crippen LogP contribution in [0, 0.1) is 6.92 Å². The Morgan fingerprint density at radius 2 is 2.07 bits per heavy atom. The van der Waals surface area contributed by atoms with E-state index in [2.05, 4.69) is 0 Å². The first kappa shape index (κ1) is 11.3. The minimum Gasteiger partial charge on any atom is -0.462 e. The second-order valence-corrected chi connectivity index (χ2v) is 3.61. The highest BCUT2D eigenvalue weighted by molar-refractivity contribution is 6.43. The van der Waals surface area contributed by atoms with Crippen molar-refractivity contribution in [2.24, 2.45) is 0 Å². The molecule has 0 unspecified atom stereocenters. The fraction of sp³-hybridized carbons (Fsp3) is 0.300. The largest absolute Gasteiger partial charge is 0.462 e. The summed E-state index contributed by atoms with van der Waals surface area (Å²) in [6, 6.07) is 3.36. The van der Waals surface area contributed by atoms with Gasteiger partial charge in [0.05, 0.1) is 22.2 Å². The Labute approximate surface area is 92.8 Å². The minimum atomic E-state index is -0.442. The molecule has 0 radical (unpaired) electrons. The molecular weight excluding hydrogens is 223 g/mol. The van der Waals surface area contributed by atoms with E-state index in [0.29, 0.717) is 17.2 Å². The molecule has 0 fully saturated rings. The van der Waals surface area contributed by atoms with E-state index in [0.717, 1.165) is 5.56 Å². The lowest BCUT2D eigenvalue weighted by Crippen LogP contribution is -2.05. The van der Waals surface area contributed by atoms with Crippen molar-refractivity contribution in [3.8, 4) is 0 Å². The molecule has 0 aromatic heterocycles. The van der Waals surface area contributed by atoms with Crippen LogP contribution in [0.2, 0.25) is 10.0 Å². The molecule has 4 heteroatoms. The van der Waals surface area contributed by atoms with Crippen LogP contribution in [0.5, 0.6) is 0 Å². The van der Waals surface area contributed by atoms with E-state index in [1.54, 1.807) is 19.1 Å². The van der Waals surface area contributed by atoms with Crippen LogP contribution in [0.3, 0.4) is 0 Å². The lowest BCUT2D eigenvalue weighted by molar-refractivity contribution is 0.0526. The summed E-state index contributed by atoms with van der Waals surface area (Å²) in [4.78, 5) is 11.4. The summed E-state index contributed by atoms with van der Waals surface area (Å²) in [5, 5.41) is 0.616. The van der Waals surface area contributed by atoms with Gasteiger partial charge in [0.15, 0.2) is 0 Å². The third kappa shape index (κ3) is 2.40. The Balaban J connectivity index is 3.13. The van der Waals surface area contributed by atoms with Gasteiger partial charge in [-0.1, -0.05) is 23.2 Å². The van der Waals surface area contributed by atoms with Gasteiger partial charge >= 0.3 is 5.97 Å². The summed E-state index contributed by atoms with van der Waals surface area (Å²) >= 11 is 11.7. The van der Waals surface area contributed by atoms with Crippen LogP contribution < -0.4 is 0 Å². The second kappa shape index (κ2) is 4.67. The first-order valence-electron chi connectivity index (χ1n) is 4.19. The van der Waals surface area contributed by atoms with Crippen molar-refractivity contribution in [1.82, 2.24) is 0 Å². The molecule has 0 aliphatic rings. The van der Waals surface area contributed by atoms with Crippen LogP contribution in [-0.2, 0) is 4.74 Å². The highest BCUT2D eigenvalue weighted by Gasteiger charge is 2.14. The lowest BCUT2D eigenvalue weighted by Gasteiger charge is -2.06. The topological polar surface area (TPSA) is 26.3 Å². The molecule has 0 spiro atoms. The van der Waals surface area contributed by atoms with Crippen LogP contribution in [0.25, 0.3) is 0 Å². The molecule has 1 aromatic carbocycles. The zero-order valence-corrected chi connectivity index (χ0v) is 9.45. The molecule has 1 rings (SSSR count). The molecular formula is C10H10Cl2O2. The van der Waals surface area contributed by atoms with Gasteiger partial charge in [-0.2, -0.15) is 0 Å². The zero-order valence-electron chi connectivity index (χ0n) is 7.93. The van der Waals surface area contributed by atoms with Crippen LogP contribution in [0.4, 0.5) is 0 Å². The molecule has 0 aliphatic carbocycles. The lowest BCUT2D eigenvalue weighted by atomic mass is 10.1. The molecule has 0 saturated carbocycles. The highest BCUT2D eigenvalue weighted by atomic mass is 35.5. The number of ether oxygens (including phenoxy) is 1.